The van der Waals surface area contributed by atoms with Gasteiger partial charge in [-0.1, -0.05) is 37.1 Å². The first-order valence-electron chi connectivity index (χ1n) is 7.85. The highest BCUT2D eigenvalue weighted by Crippen LogP contribution is 2.21. The van der Waals surface area contributed by atoms with Gasteiger partial charge in [-0.3, -0.25) is 9.69 Å². The molecule has 1 saturated carbocycles. The quantitative estimate of drug-likeness (QED) is 0.917. The highest BCUT2D eigenvalue weighted by Gasteiger charge is 2.27. The van der Waals surface area contributed by atoms with E-state index in [1.165, 1.54) is 24.0 Å². The summed E-state index contributed by atoms with van der Waals surface area (Å²) in [5.41, 5.74) is 2.81. The molecule has 20 heavy (non-hydrogen) atoms. The van der Waals surface area contributed by atoms with Crippen LogP contribution in [-0.2, 0) is 17.8 Å². The van der Waals surface area contributed by atoms with Crippen LogP contribution in [0.15, 0.2) is 24.3 Å². The van der Waals surface area contributed by atoms with Gasteiger partial charge in [0.25, 0.3) is 0 Å². The van der Waals surface area contributed by atoms with Gasteiger partial charge in [0.2, 0.25) is 5.91 Å². The lowest BCUT2D eigenvalue weighted by atomic mass is 9.98. The van der Waals surface area contributed by atoms with Gasteiger partial charge in [-0.15, -0.1) is 0 Å². The lowest BCUT2D eigenvalue weighted by Gasteiger charge is -2.33. The molecular formula is C17H24N2O. The van der Waals surface area contributed by atoms with Crippen molar-refractivity contribution in [3.05, 3.63) is 35.4 Å². The molecule has 0 saturated heterocycles. The van der Waals surface area contributed by atoms with Gasteiger partial charge in [0.15, 0.2) is 0 Å². The summed E-state index contributed by atoms with van der Waals surface area (Å²) < 4.78 is 0. The Morgan fingerprint density at radius 2 is 1.95 bits per heavy atom. The summed E-state index contributed by atoms with van der Waals surface area (Å²) in [5.74, 6) is 0.205. The average molecular weight is 272 g/mol. The van der Waals surface area contributed by atoms with Crippen molar-refractivity contribution >= 4 is 5.91 Å². The highest BCUT2D eigenvalue weighted by molar-refractivity contribution is 5.81. The summed E-state index contributed by atoms with van der Waals surface area (Å²) in [6.45, 7) is 3.92. The minimum Gasteiger partial charge on any atom is -0.352 e. The van der Waals surface area contributed by atoms with E-state index in [1.807, 2.05) is 6.92 Å². The Balaban J connectivity index is 1.60. The maximum absolute atomic E-state index is 12.4. The van der Waals surface area contributed by atoms with Crippen molar-refractivity contribution in [3.63, 3.8) is 0 Å². The fourth-order valence-corrected chi connectivity index (χ4v) is 3.41. The van der Waals surface area contributed by atoms with E-state index in [2.05, 4.69) is 34.5 Å². The fraction of sp³-hybridized carbons (Fsp3) is 0.588. The molecule has 1 N–H and O–H groups in total. The lowest BCUT2D eigenvalue weighted by molar-refractivity contribution is -0.126. The Hall–Kier alpha value is -1.35. The van der Waals surface area contributed by atoms with Crippen LogP contribution >= 0.6 is 0 Å². The van der Waals surface area contributed by atoms with Crippen molar-refractivity contribution in [3.8, 4) is 0 Å². The standard InChI is InChI=1S/C17H24N2O/c1-13(17(20)18-16-8-4-5-9-16)19-11-10-14-6-2-3-7-15(14)12-19/h2-3,6-7,13,16H,4-5,8-12H2,1H3,(H,18,20)/t13-/m0/s1. The van der Waals surface area contributed by atoms with Crippen molar-refractivity contribution in [1.82, 2.24) is 10.2 Å². The molecule has 1 aromatic carbocycles. The molecule has 1 atom stereocenters. The predicted octanol–water partition coefficient (Wildman–Crippen LogP) is 2.49. The number of nitrogens with zero attached hydrogens (tertiary/aromatic N) is 1. The second kappa shape index (κ2) is 5.96. The van der Waals surface area contributed by atoms with Crippen LogP contribution in [0.4, 0.5) is 0 Å². The van der Waals surface area contributed by atoms with Crippen LogP contribution in [0.25, 0.3) is 0 Å². The number of carbonyl (C=O) groups excluding carboxylic acids is 1. The molecule has 1 fully saturated rings. The third-order valence-corrected chi connectivity index (χ3v) is 4.79. The van der Waals surface area contributed by atoms with E-state index in [0.29, 0.717) is 6.04 Å². The molecule has 0 radical (unpaired) electrons. The van der Waals surface area contributed by atoms with Gasteiger partial charge in [0, 0.05) is 19.1 Å². The first-order valence-corrected chi connectivity index (χ1v) is 7.85. The first kappa shape index (κ1) is 13.6. The molecular weight excluding hydrogens is 248 g/mol. The van der Waals surface area contributed by atoms with E-state index in [1.54, 1.807) is 0 Å². The van der Waals surface area contributed by atoms with Crippen molar-refractivity contribution in [2.75, 3.05) is 6.54 Å². The van der Waals surface area contributed by atoms with Crippen molar-refractivity contribution in [1.29, 1.82) is 0 Å². The maximum atomic E-state index is 12.4. The summed E-state index contributed by atoms with van der Waals surface area (Å²) in [5, 5.41) is 3.22. The smallest absolute Gasteiger partial charge is 0.237 e. The molecule has 1 aliphatic carbocycles. The molecule has 1 aromatic rings. The molecule has 2 aliphatic rings. The lowest BCUT2D eigenvalue weighted by Crippen LogP contribution is -2.49. The van der Waals surface area contributed by atoms with Gasteiger partial charge < -0.3 is 5.32 Å². The number of nitrogens with one attached hydrogen (secondary N) is 1. The summed E-state index contributed by atoms with van der Waals surface area (Å²) in [6.07, 6.45) is 5.88. The van der Waals surface area contributed by atoms with Crippen LogP contribution < -0.4 is 5.32 Å². The zero-order chi connectivity index (χ0) is 13.9. The van der Waals surface area contributed by atoms with Crippen LogP contribution in [0.2, 0.25) is 0 Å². The molecule has 108 valence electrons. The molecule has 1 aliphatic heterocycles. The Labute approximate surface area is 121 Å². The van der Waals surface area contributed by atoms with E-state index in [9.17, 15) is 4.79 Å². The number of carbonyl (C=O) groups is 1. The van der Waals surface area contributed by atoms with E-state index < -0.39 is 0 Å². The Kier molecular flexibility index (Phi) is 4.06. The minimum atomic E-state index is -0.0241. The fourth-order valence-electron chi connectivity index (χ4n) is 3.41. The van der Waals surface area contributed by atoms with Crippen molar-refractivity contribution in [2.24, 2.45) is 0 Å². The monoisotopic (exact) mass is 272 g/mol. The Bertz CT molecular complexity index is 480. The van der Waals surface area contributed by atoms with Crippen LogP contribution in [0.5, 0.6) is 0 Å². The molecule has 0 aromatic heterocycles. The molecule has 0 bridgehead atoms. The zero-order valence-electron chi connectivity index (χ0n) is 12.3. The SMILES string of the molecule is C[C@@H](C(=O)NC1CCCC1)N1CCc2ccccc2C1. The van der Waals surface area contributed by atoms with Crippen LogP contribution in [0.1, 0.15) is 43.7 Å². The van der Waals surface area contributed by atoms with Crippen molar-refractivity contribution in [2.45, 2.75) is 57.7 Å². The molecule has 1 amide bonds. The van der Waals surface area contributed by atoms with E-state index in [4.69, 9.17) is 0 Å². The number of fused-ring (bicyclic) bond motifs is 1. The third kappa shape index (κ3) is 2.88. The molecule has 3 heteroatoms. The number of amides is 1. The summed E-state index contributed by atoms with van der Waals surface area (Å²) in [4.78, 5) is 14.7. The second-order valence-electron chi connectivity index (χ2n) is 6.16. The van der Waals surface area contributed by atoms with E-state index >= 15 is 0 Å². The van der Waals surface area contributed by atoms with E-state index in [-0.39, 0.29) is 11.9 Å². The van der Waals surface area contributed by atoms with Crippen LogP contribution in [0.3, 0.4) is 0 Å². The Morgan fingerprint density at radius 3 is 2.70 bits per heavy atom. The summed E-state index contributed by atoms with van der Waals surface area (Å²) in [7, 11) is 0. The van der Waals surface area contributed by atoms with Crippen LogP contribution in [-0.4, -0.2) is 29.4 Å². The van der Waals surface area contributed by atoms with E-state index in [0.717, 1.165) is 32.4 Å². The molecule has 3 rings (SSSR count). The minimum absolute atomic E-state index is 0.0241. The second-order valence-corrected chi connectivity index (χ2v) is 6.16. The summed E-state index contributed by atoms with van der Waals surface area (Å²) >= 11 is 0. The normalized spacial score (nSPS) is 21.4. The molecule has 0 unspecified atom stereocenters. The number of hydrogen-bond donors (Lipinski definition) is 1. The van der Waals surface area contributed by atoms with Crippen molar-refractivity contribution < 1.29 is 4.79 Å². The number of rotatable bonds is 3. The van der Waals surface area contributed by atoms with Gasteiger partial charge in [-0.25, -0.2) is 0 Å². The highest BCUT2D eigenvalue weighted by atomic mass is 16.2. The number of hydrogen-bond acceptors (Lipinski definition) is 2. The molecule has 3 nitrogen and oxygen atoms in total. The summed E-state index contributed by atoms with van der Waals surface area (Å²) in [6, 6.07) is 8.97. The van der Waals surface area contributed by atoms with Crippen LogP contribution in [0, 0.1) is 0 Å². The van der Waals surface area contributed by atoms with Gasteiger partial charge in [0.05, 0.1) is 6.04 Å². The zero-order valence-corrected chi connectivity index (χ0v) is 12.3. The van der Waals surface area contributed by atoms with Gasteiger partial charge in [-0.05, 0) is 37.3 Å². The van der Waals surface area contributed by atoms with Gasteiger partial charge in [-0.2, -0.15) is 0 Å². The average Bonchev–Trinajstić information content (AvgIpc) is 2.99. The Morgan fingerprint density at radius 1 is 1.25 bits per heavy atom. The largest absolute Gasteiger partial charge is 0.352 e. The first-order chi connectivity index (χ1) is 9.74. The molecule has 1 heterocycles. The molecule has 0 spiro atoms. The van der Waals surface area contributed by atoms with Gasteiger partial charge >= 0.3 is 0 Å². The van der Waals surface area contributed by atoms with Gasteiger partial charge in [0.1, 0.15) is 0 Å². The maximum Gasteiger partial charge on any atom is 0.237 e. The topological polar surface area (TPSA) is 32.3 Å². The third-order valence-electron chi connectivity index (χ3n) is 4.79. The number of benzene rings is 1. The predicted molar refractivity (Wildman–Crippen MR) is 80.4 cm³/mol.